The Hall–Kier alpha value is -1.40. The van der Waals surface area contributed by atoms with E-state index in [-0.39, 0.29) is 18.5 Å². The number of carbonyl (C=O) groups excluding carboxylic acids is 2. The maximum Gasteiger partial charge on any atom is 0.305 e. The predicted molar refractivity (Wildman–Crippen MR) is 306 cm³/mol. The van der Waals surface area contributed by atoms with Crippen molar-refractivity contribution in [2.45, 2.75) is 373 Å². The van der Waals surface area contributed by atoms with Crippen LogP contribution in [-0.4, -0.2) is 47.4 Å². The summed E-state index contributed by atoms with van der Waals surface area (Å²) in [5.74, 6) is -0.0181. The summed E-state index contributed by atoms with van der Waals surface area (Å²) in [7, 11) is 0. The average Bonchev–Trinajstić information content (AvgIpc) is 3.36. The van der Waals surface area contributed by atoms with Gasteiger partial charge in [0.15, 0.2) is 0 Å². The van der Waals surface area contributed by atoms with E-state index in [0.29, 0.717) is 25.9 Å². The fourth-order valence-corrected chi connectivity index (χ4v) is 10.2. The van der Waals surface area contributed by atoms with Crippen LogP contribution in [0.5, 0.6) is 0 Å². The SMILES string of the molecule is CCCCCCCCCCCCCCCCCCCC(=O)OCCCCCCCCCCCCCC/C=C\CCCCCCCCCCCCC(=O)NC(CO)C(O)CCCCCCCCCCCC. The number of carbonyl (C=O) groups is 2. The van der Waals surface area contributed by atoms with Crippen molar-refractivity contribution < 1.29 is 24.5 Å². The summed E-state index contributed by atoms with van der Waals surface area (Å²) in [6.07, 6.45) is 72.4. The van der Waals surface area contributed by atoms with Gasteiger partial charge in [-0.15, -0.1) is 0 Å². The van der Waals surface area contributed by atoms with Crippen LogP contribution in [0.25, 0.3) is 0 Å². The molecule has 6 nitrogen and oxygen atoms in total. The van der Waals surface area contributed by atoms with Crippen LogP contribution in [0, 0.1) is 0 Å². The summed E-state index contributed by atoms with van der Waals surface area (Å²) in [4.78, 5) is 24.5. The van der Waals surface area contributed by atoms with Crippen LogP contribution in [-0.2, 0) is 14.3 Å². The molecule has 0 aromatic heterocycles. The molecule has 0 fully saturated rings. The molecule has 0 aliphatic heterocycles. The Morgan fingerprint density at radius 2 is 0.671 bits per heavy atom. The molecule has 0 aromatic rings. The zero-order valence-electron chi connectivity index (χ0n) is 47.5. The highest BCUT2D eigenvalue weighted by Crippen LogP contribution is 2.18. The quantitative estimate of drug-likeness (QED) is 0.0321. The minimum absolute atomic E-state index is 0.0188. The molecule has 3 N–H and O–H groups in total. The molecule has 0 spiro atoms. The lowest BCUT2D eigenvalue weighted by molar-refractivity contribution is -0.143. The summed E-state index contributed by atoms with van der Waals surface area (Å²) < 4.78 is 5.50. The number of unbranched alkanes of at least 4 members (excludes halogenated alkanes) is 47. The smallest absolute Gasteiger partial charge is 0.305 e. The lowest BCUT2D eigenvalue weighted by atomic mass is 10.0. The van der Waals surface area contributed by atoms with E-state index >= 15 is 0 Å². The summed E-state index contributed by atoms with van der Waals surface area (Å²) in [6, 6.07) is -0.540. The van der Waals surface area contributed by atoms with Gasteiger partial charge < -0.3 is 20.3 Å². The van der Waals surface area contributed by atoms with Crippen molar-refractivity contribution in [2.24, 2.45) is 0 Å². The van der Waals surface area contributed by atoms with Gasteiger partial charge in [0.05, 0.1) is 25.4 Å². The summed E-state index contributed by atoms with van der Waals surface area (Å²) in [5.41, 5.74) is 0. The van der Waals surface area contributed by atoms with Crippen LogP contribution < -0.4 is 5.32 Å². The molecule has 2 atom stereocenters. The van der Waals surface area contributed by atoms with Gasteiger partial charge >= 0.3 is 5.97 Å². The van der Waals surface area contributed by atoms with Crippen molar-refractivity contribution in [1.82, 2.24) is 5.32 Å². The molecular formula is C64H125NO5. The first-order valence-electron chi connectivity index (χ1n) is 31.9. The molecule has 0 rings (SSSR count). The molecule has 0 heterocycles. The minimum Gasteiger partial charge on any atom is -0.466 e. The topological polar surface area (TPSA) is 95.9 Å². The van der Waals surface area contributed by atoms with Crippen molar-refractivity contribution in [3.8, 4) is 0 Å². The minimum atomic E-state index is -0.663. The van der Waals surface area contributed by atoms with Crippen LogP contribution in [0.4, 0.5) is 0 Å². The van der Waals surface area contributed by atoms with Crippen molar-refractivity contribution in [3.63, 3.8) is 0 Å². The summed E-state index contributed by atoms with van der Waals surface area (Å²) >= 11 is 0. The number of aliphatic hydroxyl groups excluding tert-OH is 2. The number of allylic oxidation sites excluding steroid dienone is 2. The van der Waals surface area contributed by atoms with Crippen LogP contribution in [0.1, 0.15) is 361 Å². The van der Waals surface area contributed by atoms with E-state index in [9.17, 15) is 19.8 Å². The van der Waals surface area contributed by atoms with Gasteiger partial charge in [0.25, 0.3) is 0 Å². The molecule has 416 valence electrons. The highest BCUT2D eigenvalue weighted by atomic mass is 16.5. The van der Waals surface area contributed by atoms with Crippen LogP contribution in [0.15, 0.2) is 12.2 Å². The Morgan fingerprint density at radius 1 is 0.386 bits per heavy atom. The molecule has 1 amide bonds. The Labute approximate surface area is 438 Å². The Balaban J connectivity index is 3.34. The molecule has 6 heteroatoms. The highest BCUT2D eigenvalue weighted by molar-refractivity contribution is 5.76. The third kappa shape index (κ3) is 55.9. The molecule has 0 aliphatic carbocycles. The predicted octanol–water partition coefficient (Wildman–Crippen LogP) is 20.0. The molecule has 0 saturated carbocycles. The number of amides is 1. The van der Waals surface area contributed by atoms with Gasteiger partial charge in [-0.1, -0.05) is 309 Å². The second-order valence-corrected chi connectivity index (χ2v) is 22.1. The Bertz CT molecular complexity index is 1050. The van der Waals surface area contributed by atoms with Gasteiger partial charge in [-0.2, -0.15) is 0 Å². The van der Waals surface area contributed by atoms with Gasteiger partial charge in [0.1, 0.15) is 0 Å². The molecule has 0 radical (unpaired) electrons. The first-order valence-corrected chi connectivity index (χ1v) is 31.9. The molecule has 0 aromatic carbocycles. The van der Waals surface area contributed by atoms with E-state index < -0.39 is 12.1 Å². The first kappa shape index (κ1) is 68.6. The van der Waals surface area contributed by atoms with Gasteiger partial charge in [0.2, 0.25) is 5.91 Å². The van der Waals surface area contributed by atoms with E-state index in [1.165, 1.54) is 289 Å². The van der Waals surface area contributed by atoms with E-state index in [2.05, 4.69) is 31.3 Å². The first-order chi connectivity index (χ1) is 34.5. The van der Waals surface area contributed by atoms with Crippen molar-refractivity contribution in [3.05, 3.63) is 12.2 Å². The van der Waals surface area contributed by atoms with Gasteiger partial charge in [-0.05, 0) is 51.4 Å². The Morgan fingerprint density at radius 3 is 1.01 bits per heavy atom. The number of nitrogens with one attached hydrogen (secondary N) is 1. The average molecular weight is 989 g/mol. The maximum absolute atomic E-state index is 12.4. The third-order valence-corrected chi connectivity index (χ3v) is 15.1. The van der Waals surface area contributed by atoms with E-state index in [0.717, 1.165) is 38.5 Å². The van der Waals surface area contributed by atoms with Crippen molar-refractivity contribution in [2.75, 3.05) is 13.2 Å². The molecule has 0 bridgehead atoms. The molecular weight excluding hydrogens is 863 g/mol. The van der Waals surface area contributed by atoms with Crippen molar-refractivity contribution >= 4 is 11.9 Å². The van der Waals surface area contributed by atoms with Gasteiger partial charge in [0, 0.05) is 12.8 Å². The van der Waals surface area contributed by atoms with E-state index in [4.69, 9.17) is 4.74 Å². The van der Waals surface area contributed by atoms with E-state index in [1.807, 2.05) is 0 Å². The number of aliphatic hydroxyl groups is 2. The van der Waals surface area contributed by atoms with Gasteiger partial charge in [-0.3, -0.25) is 9.59 Å². The second kappa shape index (κ2) is 60.2. The fraction of sp³-hybridized carbons (Fsp3) is 0.938. The van der Waals surface area contributed by atoms with Gasteiger partial charge in [-0.25, -0.2) is 0 Å². The molecule has 0 aliphatic rings. The van der Waals surface area contributed by atoms with Crippen LogP contribution >= 0.6 is 0 Å². The van der Waals surface area contributed by atoms with Crippen molar-refractivity contribution in [1.29, 1.82) is 0 Å². The molecule has 2 unspecified atom stereocenters. The second-order valence-electron chi connectivity index (χ2n) is 22.1. The Kier molecular flexibility index (Phi) is 59.0. The molecule has 0 saturated heterocycles. The largest absolute Gasteiger partial charge is 0.466 e. The monoisotopic (exact) mass is 988 g/mol. The maximum atomic E-state index is 12.4. The highest BCUT2D eigenvalue weighted by Gasteiger charge is 2.20. The number of hydrogen-bond acceptors (Lipinski definition) is 5. The lowest BCUT2D eigenvalue weighted by Crippen LogP contribution is -2.45. The zero-order chi connectivity index (χ0) is 50.7. The standard InChI is InChI=1S/C64H125NO5/c1-3-5-7-9-11-13-15-16-17-28-32-35-38-42-46-50-54-58-64(69)70-59-55-51-47-43-39-36-33-30-27-25-23-21-19-18-20-22-24-26-29-31-34-37-41-45-49-53-57-63(68)65-61(60-66)62(67)56-52-48-44-40-14-12-10-8-6-4-2/h18,20,61-62,66-67H,3-17,19,21-60H2,1-2H3,(H,65,68)/b20-18-. The molecule has 70 heavy (non-hydrogen) atoms. The number of rotatable bonds is 60. The van der Waals surface area contributed by atoms with Crippen LogP contribution in [0.2, 0.25) is 0 Å². The third-order valence-electron chi connectivity index (χ3n) is 15.1. The van der Waals surface area contributed by atoms with E-state index in [1.54, 1.807) is 0 Å². The van der Waals surface area contributed by atoms with Crippen LogP contribution in [0.3, 0.4) is 0 Å². The lowest BCUT2D eigenvalue weighted by Gasteiger charge is -2.22. The number of ether oxygens (including phenoxy) is 1. The number of esters is 1. The number of hydrogen-bond donors (Lipinski definition) is 3. The summed E-state index contributed by atoms with van der Waals surface area (Å²) in [5, 5.41) is 23.2. The fourth-order valence-electron chi connectivity index (χ4n) is 10.2. The summed E-state index contributed by atoms with van der Waals surface area (Å²) in [6.45, 7) is 4.97. The normalized spacial score (nSPS) is 12.6. The zero-order valence-corrected chi connectivity index (χ0v) is 47.5.